The number of carbonyl (C=O) groups is 1. The van der Waals surface area contributed by atoms with Crippen LogP contribution < -0.4 is 19.5 Å². The number of methoxy groups -OCH3 is 1. The molecule has 6 heteroatoms. The lowest BCUT2D eigenvalue weighted by Gasteiger charge is -2.14. The van der Waals surface area contributed by atoms with Crippen LogP contribution >= 0.6 is 11.6 Å². The number of para-hydroxylation sites is 1. The molecule has 0 heterocycles. The van der Waals surface area contributed by atoms with Crippen molar-refractivity contribution < 1.29 is 19.0 Å². The Morgan fingerprint density at radius 1 is 0.966 bits per heavy atom. The molecule has 1 amide bonds. The van der Waals surface area contributed by atoms with Gasteiger partial charge < -0.3 is 19.5 Å². The van der Waals surface area contributed by atoms with Crippen LogP contribution in [-0.4, -0.2) is 19.6 Å². The molecule has 0 atom stereocenters. The van der Waals surface area contributed by atoms with Gasteiger partial charge in [0, 0.05) is 17.2 Å². The molecule has 5 nitrogen and oxygen atoms in total. The number of carbonyl (C=O) groups excluding carboxylic acids is 1. The third kappa shape index (κ3) is 5.42. The van der Waals surface area contributed by atoms with Crippen molar-refractivity contribution in [2.24, 2.45) is 0 Å². The number of amides is 1. The Morgan fingerprint density at radius 2 is 1.76 bits per heavy atom. The Hall–Kier alpha value is -3.18. The molecular formula is C23H22ClNO4. The second kappa shape index (κ2) is 9.85. The van der Waals surface area contributed by atoms with Crippen molar-refractivity contribution in [3.8, 4) is 17.2 Å². The van der Waals surface area contributed by atoms with Gasteiger partial charge in [0.25, 0.3) is 5.91 Å². The quantitative estimate of drug-likeness (QED) is 0.525. The second-order valence-electron chi connectivity index (χ2n) is 6.16. The normalized spacial score (nSPS) is 10.3. The Kier molecular flexibility index (Phi) is 6.98. The summed E-state index contributed by atoms with van der Waals surface area (Å²) in [7, 11) is 1.60. The predicted molar refractivity (Wildman–Crippen MR) is 114 cm³/mol. The van der Waals surface area contributed by atoms with Gasteiger partial charge >= 0.3 is 0 Å². The predicted octanol–water partition coefficient (Wildman–Crippen LogP) is 5.58. The molecule has 0 saturated carbocycles. The van der Waals surface area contributed by atoms with Gasteiger partial charge in [-0.25, -0.2) is 0 Å². The van der Waals surface area contributed by atoms with Gasteiger partial charge in [-0.3, -0.25) is 4.79 Å². The SMILES string of the molecule is CCOc1ccc(C(=O)Nc2ccccc2Cl)cc1COc1cccc(OC)c1. The van der Waals surface area contributed by atoms with E-state index in [0.29, 0.717) is 40.1 Å². The average Bonchev–Trinajstić information content (AvgIpc) is 2.75. The molecule has 150 valence electrons. The van der Waals surface area contributed by atoms with Crippen LogP contribution in [0.2, 0.25) is 5.02 Å². The van der Waals surface area contributed by atoms with Gasteiger partial charge in [-0.05, 0) is 49.4 Å². The van der Waals surface area contributed by atoms with Crippen molar-refractivity contribution in [3.63, 3.8) is 0 Å². The molecule has 0 radical (unpaired) electrons. The van der Waals surface area contributed by atoms with Crippen LogP contribution in [0.5, 0.6) is 17.2 Å². The van der Waals surface area contributed by atoms with Crippen LogP contribution in [0.25, 0.3) is 0 Å². The van der Waals surface area contributed by atoms with Gasteiger partial charge in [-0.1, -0.05) is 29.8 Å². The van der Waals surface area contributed by atoms with Gasteiger partial charge in [0.1, 0.15) is 23.9 Å². The summed E-state index contributed by atoms with van der Waals surface area (Å²) in [5, 5.41) is 3.30. The molecule has 0 saturated heterocycles. The summed E-state index contributed by atoms with van der Waals surface area (Å²) >= 11 is 6.13. The monoisotopic (exact) mass is 411 g/mol. The van der Waals surface area contributed by atoms with E-state index in [0.717, 1.165) is 5.56 Å². The Bertz CT molecular complexity index is 990. The largest absolute Gasteiger partial charge is 0.497 e. The molecule has 0 aliphatic heterocycles. The highest BCUT2D eigenvalue weighted by Crippen LogP contribution is 2.26. The van der Waals surface area contributed by atoms with Crippen molar-refractivity contribution in [1.29, 1.82) is 0 Å². The molecule has 0 fully saturated rings. The number of ether oxygens (including phenoxy) is 3. The average molecular weight is 412 g/mol. The summed E-state index contributed by atoms with van der Waals surface area (Å²) in [4.78, 5) is 12.7. The van der Waals surface area contributed by atoms with Crippen LogP contribution in [0.3, 0.4) is 0 Å². The van der Waals surface area contributed by atoms with Crippen molar-refractivity contribution in [2.75, 3.05) is 19.0 Å². The van der Waals surface area contributed by atoms with Crippen LogP contribution in [0.1, 0.15) is 22.8 Å². The van der Waals surface area contributed by atoms with Crippen LogP contribution in [0.4, 0.5) is 5.69 Å². The van der Waals surface area contributed by atoms with E-state index >= 15 is 0 Å². The fraction of sp³-hybridized carbons (Fsp3) is 0.174. The summed E-state index contributed by atoms with van der Waals surface area (Å²) in [6.45, 7) is 2.66. The maximum absolute atomic E-state index is 12.7. The van der Waals surface area contributed by atoms with E-state index in [2.05, 4.69) is 5.32 Å². The summed E-state index contributed by atoms with van der Waals surface area (Å²) in [6.07, 6.45) is 0. The lowest BCUT2D eigenvalue weighted by atomic mass is 10.1. The van der Waals surface area contributed by atoms with Crippen molar-refractivity contribution in [2.45, 2.75) is 13.5 Å². The first-order chi connectivity index (χ1) is 14.1. The maximum Gasteiger partial charge on any atom is 0.255 e. The third-order valence-corrected chi connectivity index (χ3v) is 4.51. The Balaban J connectivity index is 1.79. The zero-order valence-electron chi connectivity index (χ0n) is 16.3. The van der Waals surface area contributed by atoms with Crippen molar-refractivity contribution in [3.05, 3.63) is 82.9 Å². The standard InChI is InChI=1S/C23H22ClNO4/c1-3-28-22-12-11-16(23(26)25-21-10-5-4-9-20(21)24)13-17(22)15-29-19-8-6-7-18(14-19)27-2/h4-14H,3,15H2,1-2H3,(H,25,26). The topological polar surface area (TPSA) is 56.8 Å². The Labute approximate surface area is 175 Å². The van der Waals surface area contributed by atoms with Gasteiger partial charge in [0.15, 0.2) is 0 Å². The number of rotatable bonds is 8. The van der Waals surface area contributed by atoms with Crippen LogP contribution in [0, 0.1) is 0 Å². The summed E-state index contributed by atoms with van der Waals surface area (Å²) in [6, 6.07) is 19.7. The molecule has 0 unspecified atom stereocenters. The van der Waals surface area contributed by atoms with Crippen LogP contribution in [0.15, 0.2) is 66.7 Å². The smallest absolute Gasteiger partial charge is 0.255 e. The molecule has 3 rings (SSSR count). The number of benzene rings is 3. The lowest BCUT2D eigenvalue weighted by Crippen LogP contribution is -2.13. The first kappa shape index (κ1) is 20.6. The molecule has 0 aromatic heterocycles. The lowest BCUT2D eigenvalue weighted by molar-refractivity contribution is 0.102. The second-order valence-corrected chi connectivity index (χ2v) is 6.56. The van der Waals surface area contributed by atoms with Crippen LogP contribution in [-0.2, 0) is 6.61 Å². The number of hydrogen-bond donors (Lipinski definition) is 1. The van der Waals surface area contributed by atoms with E-state index in [-0.39, 0.29) is 12.5 Å². The molecule has 29 heavy (non-hydrogen) atoms. The molecule has 0 aliphatic rings. The van der Waals surface area contributed by atoms with Gasteiger partial charge in [-0.15, -0.1) is 0 Å². The maximum atomic E-state index is 12.7. The minimum absolute atomic E-state index is 0.246. The van der Waals surface area contributed by atoms with Gasteiger partial charge in [0.05, 0.1) is 24.4 Å². The highest BCUT2D eigenvalue weighted by molar-refractivity contribution is 6.33. The van der Waals surface area contributed by atoms with E-state index in [1.165, 1.54) is 0 Å². The molecule has 3 aromatic rings. The summed E-state index contributed by atoms with van der Waals surface area (Å²) in [5.74, 6) is 1.78. The van der Waals surface area contributed by atoms with E-state index in [9.17, 15) is 4.79 Å². The number of halogens is 1. The minimum Gasteiger partial charge on any atom is -0.497 e. The van der Waals surface area contributed by atoms with Crippen molar-refractivity contribution >= 4 is 23.2 Å². The number of anilines is 1. The van der Waals surface area contributed by atoms with E-state index < -0.39 is 0 Å². The molecule has 0 aliphatic carbocycles. The highest BCUT2D eigenvalue weighted by atomic mass is 35.5. The first-order valence-electron chi connectivity index (χ1n) is 9.19. The van der Waals surface area contributed by atoms with Gasteiger partial charge in [0.2, 0.25) is 0 Å². The summed E-state index contributed by atoms with van der Waals surface area (Å²) < 4.78 is 16.8. The third-order valence-electron chi connectivity index (χ3n) is 4.18. The zero-order valence-corrected chi connectivity index (χ0v) is 17.0. The minimum atomic E-state index is -0.260. The number of nitrogens with one attached hydrogen (secondary N) is 1. The van der Waals surface area contributed by atoms with E-state index in [1.54, 1.807) is 43.5 Å². The molecule has 0 spiro atoms. The van der Waals surface area contributed by atoms with Crippen molar-refractivity contribution in [1.82, 2.24) is 0 Å². The fourth-order valence-corrected chi connectivity index (χ4v) is 2.92. The van der Waals surface area contributed by atoms with E-state index in [4.69, 9.17) is 25.8 Å². The summed E-state index contributed by atoms with van der Waals surface area (Å²) in [5.41, 5.74) is 1.81. The van der Waals surface area contributed by atoms with Gasteiger partial charge in [-0.2, -0.15) is 0 Å². The molecule has 3 aromatic carbocycles. The first-order valence-corrected chi connectivity index (χ1v) is 9.57. The fourth-order valence-electron chi connectivity index (χ4n) is 2.74. The Morgan fingerprint density at radius 3 is 2.52 bits per heavy atom. The zero-order chi connectivity index (χ0) is 20.6. The molecule has 1 N–H and O–H groups in total. The molecular weight excluding hydrogens is 390 g/mol. The highest BCUT2D eigenvalue weighted by Gasteiger charge is 2.13. The number of hydrogen-bond acceptors (Lipinski definition) is 4. The van der Waals surface area contributed by atoms with E-state index in [1.807, 2.05) is 37.3 Å². The molecule has 0 bridgehead atoms.